The first kappa shape index (κ1) is 15.0. The maximum Gasteiger partial charge on any atom is 0.251 e. The second-order valence-electron chi connectivity index (χ2n) is 4.31. The first-order chi connectivity index (χ1) is 8.56. The molecule has 0 aromatic heterocycles. The fourth-order valence-corrected chi connectivity index (χ4v) is 1.87. The predicted molar refractivity (Wildman–Crippen MR) is 67.4 cm³/mol. The van der Waals surface area contributed by atoms with Crippen LogP contribution in [0.15, 0.2) is 18.2 Å². The van der Waals surface area contributed by atoms with E-state index >= 15 is 0 Å². The Morgan fingerprint density at radius 3 is 2.61 bits per heavy atom. The van der Waals surface area contributed by atoms with Gasteiger partial charge in [-0.3, -0.25) is 4.90 Å². The molecular formula is C13H20F2N2O. The Labute approximate surface area is 106 Å². The minimum Gasteiger partial charge on any atom is -0.395 e. The molecule has 0 heterocycles. The highest BCUT2D eigenvalue weighted by Crippen LogP contribution is 2.14. The van der Waals surface area contributed by atoms with Gasteiger partial charge in [-0.05, 0) is 23.6 Å². The molecule has 0 saturated carbocycles. The van der Waals surface area contributed by atoms with Crippen LogP contribution in [0, 0.1) is 6.92 Å². The second-order valence-corrected chi connectivity index (χ2v) is 4.31. The lowest BCUT2D eigenvalue weighted by molar-refractivity contribution is 0.0745. The third-order valence-corrected chi connectivity index (χ3v) is 2.85. The molecule has 0 radical (unpaired) electrons. The Kier molecular flexibility index (Phi) is 6.18. The zero-order valence-corrected chi connectivity index (χ0v) is 10.6. The van der Waals surface area contributed by atoms with Crippen molar-refractivity contribution < 1.29 is 13.9 Å². The monoisotopic (exact) mass is 258 g/mol. The van der Waals surface area contributed by atoms with E-state index in [4.69, 9.17) is 10.8 Å². The van der Waals surface area contributed by atoms with Crippen LogP contribution in [-0.2, 0) is 13.1 Å². The molecule has 0 aliphatic carbocycles. The minimum atomic E-state index is -2.39. The van der Waals surface area contributed by atoms with Crippen LogP contribution in [0.4, 0.5) is 8.78 Å². The maximum absolute atomic E-state index is 12.4. The van der Waals surface area contributed by atoms with Gasteiger partial charge in [-0.1, -0.05) is 18.2 Å². The molecule has 0 aliphatic heterocycles. The van der Waals surface area contributed by atoms with Crippen LogP contribution in [-0.4, -0.2) is 36.1 Å². The number of aryl methyl sites for hydroxylation is 1. The van der Waals surface area contributed by atoms with Crippen molar-refractivity contribution in [2.45, 2.75) is 26.4 Å². The molecule has 3 N–H and O–H groups in total. The number of aliphatic hydroxyl groups excluding tert-OH is 1. The van der Waals surface area contributed by atoms with Gasteiger partial charge in [-0.25, -0.2) is 8.78 Å². The van der Waals surface area contributed by atoms with Crippen molar-refractivity contribution >= 4 is 0 Å². The molecule has 102 valence electrons. The summed E-state index contributed by atoms with van der Waals surface area (Å²) in [6.07, 6.45) is -2.39. The van der Waals surface area contributed by atoms with Crippen LogP contribution in [0.25, 0.3) is 0 Å². The van der Waals surface area contributed by atoms with E-state index in [0.717, 1.165) is 16.7 Å². The SMILES string of the molecule is Cc1cc(CN)ccc1CN(CCO)CC(F)F. The Morgan fingerprint density at radius 1 is 1.39 bits per heavy atom. The zero-order valence-electron chi connectivity index (χ0n) is 10.6. The van der Waals surface area contributed by atoms with Crippen molar-refractivity contribution in [2.24, 2.45) is 5.73 Å². The van der Waals surface area contributed by atoms with Crippen LogP contribution < -0.4 is 5.73 Å². The van der Waals surface area contributed by atoms with Gasteiger partial charge in [-0.15, -0.1) is 0 Å². The highest BCUT2D eigenvalue weighted by atomic mass is 19.3. The molecular weight excluding hydrogens is 238 g/mol. The summed E-state index contributed by atoms with van der Waals surface area (Å²) in [6.45, 7) is 2.64. The molecule has 0 saturated heterocycles. The Morgan fingerprint density at radius 2 is 2.11 bits per heavy atom. The average Bonchev–Trinajstić information content (AvgIpc) is 2.31. The Hall–Kier alpha value is -1.04. The number of nitrogens with two attached hydrogens (primary N) is 1. The molecule has 3 nitrogen and oxygen atoms in total. The van der Waals surface area contributed by atoms with E-state index in [-0.39, 0.29) is 19.7 Å². The summed E-state index contributed by atoms with van der Waals surface area (Å²) >= 11 is 0. The van der Waals surface area contributed by atoms with Gasteiger partial charge in [-0.2, -0.15) is 0 Å². The number of benzene rings is 1. The summed E-state index contributed by atoms with van der Waals surface area (Å²) < 4.78 is 24.8. The van der Waals surface area contributed by atoms with Gasteiger partial charge in [0.2, 0.25) is 0 Å². The van der Waals surface area contributed by atoms with Crippen LogP contribution in [0.1, 0.15) is 16.7 Å². The lowest BCUT2D eigenvalue weighted by Crippen LogP contribution is -2.31. The normalized spacial score (nSPS) is 11.5. The van der Waals surface area contributed by atoms with Crippen molar-refractivity contribution in [2.75, 3.05) is 19.7 Å². The largest absolute Gasteiger partial charge is 0.395 e. The standard InChI is InChI=1S/C13H20F2N2O/c1-10-6-11(7-16)2-3-12(10)8-17(4-5-18)9-13(14)15/h2-3,6,13,18H,4-5,7-9,16H2,1H3. The Bertz CT molecular complexity index is 372. The number of halogens is 2. The molecule has 5 heteroatoms. The van der Waals surface area contributed by atoms with Crippen LogP contribution in [0.2, 0.25) is 0 Å². The predicted octanol–water partition coefficient (Wildman–Crippen LogP) is 1.51. The molecule has 0 unspecified atom stereocenters. The van der Waals surface area contributed by atoms with Crippen molar-refractivity contribution in [1.82, 2.24) is 4.90 Å². The fraction of sp³-hybridized carbons (Fsp3) is 0.538. The molecule has 0 bridgehead atoms. The summed E-state index contributed by atoms with van der Waals surface area (Å²) in [4.78, 5) is 1.55. The fourth-order valence-electron chi connectivity index (χ4n) is 1.87. The number of hydrogen-bond donors (Lipinski definition) is 2. The molecule has 0 amide bonds. The summed E-state index contributed by atoms with van der Waals surface area (Å²) in [5, 5.41) is 8.88. The molecule has 18 heavy (non-hydrogen) atoms. The lowest BCUT2D eigenvalue weighted by Gasteiger charge is -2.22. The van der Waals surface area contributed by atoms with Gasteiger partial charge in [0, 0.05) is 19.6 Å². The van der Waals surface area contributed by atoms with Crippen LogP contribution >= 0.6 is 0 Å². The van der Waals surface area contributed by atoms with Crippen molar-refractivity contribution in [3.05, 3.63) is 34.9 Å². The number of hydrogen-bond acceptors (Lipinski definition) is 3. The van der Waals surface area contributed by atoms with Crippen molar-refractivity contribution in [1.29, 1.82) is 0 Å². The minimum absolute atomic E-state index is 0.118. The topological polar surface area (TPSA) is 49.5 Å². The first-order valence-corrected chi connectivity index (χ1v) is 5.96. The van der Waals surface area contributed by atoms with E-state index in [2.05, 4.69) is 0 Å². The zero-order chi connectivity index (χ0) is 13.5. The van der Waals surface area contributed by atoms with Crippen molar-refractivity contribution in [3.8, 4) is 0 Å². The summed E-state index contributed by atoms with van der Waals surface area (Å²) in [6, 6.07) is 5.78. The third kappa shape index (κ3) is 4.68. The Balaban J connectivity index is 2.73. The van der Waals surface area contributed by atoms with E-state index in [1.165, 1.54) is 0 Å². The van der Waals surface area contributed by atoms with E-state index in [1.54, 1.807) is 4.90 Å². The van der Waals surface area contributed by atoms with Gasteiger partial charge < -0.3 is 10.8 Å². The quantitative estimate of drug-likeness (QED) is 0.779. The summed E-state index contributed by atoms with van der Waals surface area (Å²) in [5.41, 5.74) is 8.59. The molecule has 0 fully saturated rings. The number of rotatable bonds is 7. The maximum atomic E-state index is 12.4. The van der Waals surface area contributed by atoms with Crippen molar-refractivity contribution in [3.63, 3.8) is 0 Å². The summed E-state index contributed by atoms with van der Waals surface area (Å²) in [7, 11) is 0. The molecule has 1 rings (SSSR count). The van der Waals surface area contributed by atoms with Crippen LogP contribution in [0.3, 0.4) is 0 Å². The van der Waals surface area contributed by atoms with E-state index in [0.29, 0.717) is 13.1 Å². The molecule has 0 aliphatic rings. The summed E-state index contributed by atoms with van der Waals surface area (Å²) in [5.74, 6) is 0. The van der Waals surface area contributed by atoms with Gasteiger partial charge >= 0.3 is 0 Å². The van der Waals surface area contributed by atoms with E-state index in [9.17, 15) is 8.78 Å². The third-order valence-electron chi connectivity index (χ3n) is 2.85. The first-order valence-electron chi connectivity index (χ1n) is 5.96. The van der Waals surface area contributed by atoms with Gasteiger partial charge in [0.05, 0.1) is 13.2 Å². The van der Waals surface area contributed by atoms with E-state index in [1.807, 2.05) is 25.1 Å². The number of alkyl halides is 2. The number of nitrogens with zero attached hydrogens (tertiary/aromatic N) is 1. The van der Waals surface area contributed by atoms with E-state index < -0.39 is 6.43 Å². The lowest BCUT2D eigenvalue weighted by atomic mass is 10.0. The highest BCUT2D eigenvalue weighted by molar-refractivity contribution is 5.31. The van der Waals surface area contributed by atoms with Gasteiger partial charge in [0.15, 0.2) is 0 Å². The number of aliphatic hydroxyl groups is 1. The molecule has 0 atom stereocenters. The smallest absolute Gasteiger partial charge is 0.251 e. The van der Waals surface area contributed by atoms with Crippen LogP contribution in [0.5, 0.6) is 0 Å². The average molecular weight is 258 g/mol. The van der Waals surface area contributed by atoms with Gasteiger partial charge in [0.1, 0.15) is 0 Å². The molecule has 0 spiro atoms. The van der Waals surface area contributed by atoms with Gasteiger partial charge in [0.25, 0.3) is 6.43 Å². The molecule has 1 aromatic rings. The highest BCUT2D eigenvalue weighted by Gasteiger charge is 2.13. The second kappa shape index (κ2) is 7.41. The molecule has 1 aromatic carbocycles.